The quantitative estimate of drug-likeness (QED) is 0.290. The minimum absolute atomic E-state index is 0.118. The van der Waals surface area contributed by atoms with Gasteiger partial charge in [0.1, 0.15) is 0 Å². The molecular formula is C26H27Br2NO4S. The molecule has 180 valence electrons. The molecule has 0 unspecified atom stereocenters. The van der Waals surface area contributed by atoms with Crippen molar-refractivity contribution in [3.05, 3.63) is 97.4 Å². The van der Waals surface area contributed by atoms with Crippen molar-refractivity contribution in [2.45, 2.75) is 37.6 Å². The number of hydrogen-bond donors (Lipinski definition) is 0. The van der Waals surface area contributed by atoms with Gasteiger partial charge < -0.3 is 4.74 Å². The highest BCUT2D eigenvalue weighted by molar-refractivity contribution is 9.10. The number of aryl methyl sites for hydroxylation is 1. The SMILES string of the molecule is COC(=O)c1cc(C)c(C)c(S(=O)(=O)N(C)C(Cc2ccc(Br)cc2)Cc2ccc(Br)cc2)c1. The van der Waals surface area contributed by atoms with Crippen molar-refractivity contribution in [1.82, 2.24) is 4.31 Å². The number of methoxy groups -OCH3 is 1. The van der Waals surface area contributed by atoms with E-state index in [9.17, 15) is 13.2 Å². The summed E-state index contributed by atoms with van der Waals surface area (Å²) in [4.78, 5) is 12.3. The number of halogens is 2. The second-order valence-corrected chi connectivity index (χ2v) is 12.0. The van der Waals surface area contributed by atoms with E-state index in [0.29, 0.717) is 24.0 Å². The summed E-state index contributed by atoms with van der Waals surface area (Å²) in [5.41, 5.74) is 3.61. The first kappa shape index (κ1) is 26.6. The lowest BCUT2D eigenvalue weighted by Gasteiger charge is -2.29. The molecule has 5 nitrogen and oxygen atoms in total. The van der Waals surface area contributed by atoms with Crippen LogP contribution in [0.1, 0.15) is 32.6 Å². The van der Waals surface area contributed by atoms with Gasteiger partial charge in [-0.25, -0.2) is 13.2 Å². The van der Waals surface area contributed by atoms with Gasteiger partial charge in [-0.3, -0.25) is 0 Å². The van der Waals surface area contributed by atoms with Crippen LogP contribution in [0.4, 0.5) is 0 Å². The Labute approximate surface area is 218 Å². The van der Waals surface area contributed by atoms with Crippen molar-refractivity contribution in [3.63, 3.8) is 0 Å². The van der Waals surface area contributed by atoms with Crippen molar-refractivity contribution in [1.29, 1.82) is 0 Å². The van der Waals surface area contributed by atoms with E-state index in [0.717, 1.165) is 20.1 Å². The molecule has 3 rings (SSSR count). The summed E-state index contributed by atoms with van der Waals surface area (Å²) in [6.45, 7) is 3.55. The number of carbonyl (C=O) groups is 1. The van der Waals surface area contributed by atoms with Crippen molar-refractivity contribution in [2.24, 2.45) is 0 Å². The molecule has 0 aliphatic carbocycles. The number of ether oxygens (including phenoxy) is 1. The van der Waals surface area contributed by atoms with Crippen LogP contribution in [0.3, 0.4) is 0 Å². The van der Waals surface area contributed by atoms with E-state index in [-0.39, 0.29) is 16.5 Å². The highest BCUT2D eigenvalue weighted by atomic mass is 79.9. The minimum atomic E-state index is -3.91. The third-order valence-electron chi connectivity index (χ3n) is 5.98. The Kier molecular flexibility index (Phi) is 8.73. The molecule has 0 spiro atoms. The number of benzene rings is 3. The third-order valence-corrected chi connectivity index (χ3v) is 9.07. The summed E-state index contributed by atoms with van der Waals surface area (Å²) in [6.07, 6.45) is 1.07. The predicted octanol–water partition coefficient (Wildman–Crippen LogP) is 6.09. The summed E-state index contributed by atoms with van der Waals surface area (Å²) >= 11 is 6.91. The second-order valence-electron chi connectivity index (χ2n) is 8.24. The van der Waals surface area contributed by atoms with Gasteiger partial charge in [0.2, 0.25) is 10.0 Å². The Morgan fingerprint density at radius 2 is 1.38 bits per heavy atom. The maximum atomic E-state index is 13.9. The average Bonchev–Trinajstić information content (AvgIpc) is 2.81. The second kappa shape index (κ2) is 11.2. The monoisotopic (exact) mass is 607 g/mol. The summed E-state index contributed by atoms with van der Waals surface area (Å²) in [6, 6.07) is 18.5. The Hall–Kier alpha value is -2.00. The maximum Gasteiger partial charge on any atom is 0.337 e. The van der Waals surface area contributed by atoms with Crippen LogP contribution in [0.25, 0.3) is 0 Å². The molecule has 0 radical (unpaired) electrons. The zero-order chi connectivity index (χ0) is 25.0. The van der Waals surface area contributed by atoms with Crippen LogP contribution in [0.2, 0.25) is 0 Å². The van der Waals surface area contributed by atoms with Gasteiger partial charge in [-0.05, 0) is 85.3 Å². The molecule has 0 aliphatic heterocycles. The van der Waals surface area contributed by atoms with E-state index in [1.54, 1.807) is 27.0 Å². The molecule has 0 saturated heterocycles. The Bertz CT molecular complexity index is 1230. The highest BCUT2D eigenvalue weighted by Crippen LogP contribution is 2.28. The lowest BCUT2D eigenvalue weighted by Crippen LogP contribution is -2.40. The van der Waals surface area contributed by atoms with Crippen molar-refractivity contribution in [2.75, 3.05) is 14.2 Å². The standard InChI is InChI=1S/C26H27Br2NO4S/c1-17-13-21(26(30)33-4)16-25(18(17)2)34(31,32)29(3)24(14-19-5-9-22(27)10-6-19)15-20-7-11-23(28)12-8-20/h5-13,16,24H,14-15H2,1-4H3. The van der Waals surface area contributed by atoms with Crippen LogP contribution in [0.15, 0.2) is 74.5 Å². The Morgan fingerprint density at radius 1 is 0.912 bits per heavy atom. The van der Waals surface area contributed by atoms with Crippen molar-refractivity contribution in [3.8, 4) is 0 Å². The normalized spacial score (nSPS) is 11.8. The molecule has 0 bridgehead atoms. The first-order chi connectivity index (χ1) is 16.0. The van der Waals surface area contributed by atoms with Gasteiger partial charge >= 0.3 is 5.97 Å². The van der Waals surface area contributed by atoms with Gasteiger partial charge in [0.25, 0.3) is 0 Å². The molecule has 0 N–H and O–H groups in total. The van der Waals surface area contributed by atoms with Crippen LogP contribution < -0.4 is 0 Å². The zero-order valence-corrected chi connectivity index (χ0v) is 23.5. The number of hydrogen-bond acceptors (Lipinski definition) is 4. The van der Waals surface area contributed by atoms with Gasteiger partial charge in [0, 0.05) is 22.0 Å². The van der Waals surface area contributed by atoms with Gasteiger partial charge in [-0.1, -0.05) is 56.1 Å². The van der Waals surface area contributed by atoms with Gasteiger partial charge in [-0.2, -0.15) is 4.31 Å². The maximum absolute atomic E-state index is 13.9. The van der Waals surface area contributed by atoms with Crippen molar-refractivity contribution >= 4 is 47.9 Å². The number of sulfonamides is 1. The van der Waals surface area contributed by atoms with E-state index >= 15 is 0 Å². The number of esters is 1. The number of rotatable bonds is 8. The van der Waals surface area contributed by atoms with Crippen LogP contribution in [-0.4, -0.2) is 38.9 Å². The fourth-order valence-corrected chi connectivity index (χ4v) is 6.00. The summed E-state index contributed by atoms with van der Waals surface area (Å²) in [5.74, 6) is -0.566. The zero-order valence-electron chi connectivity index (χ0n) is 19.5. The van der Waals surface area contributed by atoms with E-state index in [2.05, 4.69) is 31.9 Å². The Morgan fingerprint density at radius 3 is 1.82 bits per heavy atom. The molecule has 34 heavy (non-hydrogen) atoms. The fraction of sp³-hybridized carbons (Fsp3) is 0.269. The smallest absolute Gasteiger partial charge is 0.337 e. The molecular weight excluding hydrogens is 582 g/mol. The van der Waals surface area contributed by atoms with Crippen molar-refractivity contribution < 1.29 is 17.9 Å². The van der Waals surface area contributed by atoms with E-state index in [1.807, 2.05) is 48.5 Å². The minimum Gasteiger partial charge on any atom is -0.465 e. The molecule has 3 aromatic rings. The largest absolute Gasteiger partial charge is 0.465 e. The van der Waals surface area contributed by atoms with Crippen LogP contribution in [-0.2, 0) is 27.6 Å². The van der Waals surface area contributed by atoms with E-state index in [4.69, 9.17) is 4.74 Å². The molecule has 0 atom stereocenters. The summed E-state index contributed by atoms with van der Waals surface area (Å²) < 4.78 is 35.9. The topological polar surface area (TPSA) is 63.7 Å². The predicted molar refractivity (Wildman–Crippen MR) is 142 cm³/mol. The molecule has 0 heterocycles. The lowest BCUT2D eigenvalue weighted by atomic mass is 9.99. The summed E-state index contributed by atoms with van der Waals surface area (Å²) in [7, 11) is -1.01. The number of nitrogens with zero attached hydrogens (tertiary/aromatic N) is 1. The first-order valence-corrected chi connectivity index (χ1v) is 13.7. The molecule has 0 saturated carbocycles. The van der Waals surface area contributed by atoms with Crippen LogP contribution in [0.5, 0.6) is 0 Å². The van der Waals surface area contributed by atoms with E-state index in [1.165, 1.54) is 17.5 Å². The average molecular weight is 609 g/mol. The lowest BCUT2D eigenvalue weighted by molar-refractivity contribution is 0.0600. The number of carbonyl (C=O) groups excluding carboxylic acids is 1. The summed E-state index contributed by atoms with van der Waals surface area (Å²) in [5, 5.41) is 0. The third kappa shape index (κ3) is 6.16. The molecule has 8 heteroatoms. The first-order valence-electron chi connectivity index (χ1n) is 10.7. The van der Waals surface area contributed by atoms with Crippen LogP contribution >= 0.6 is 31.9 Å². The highest BCUT2D eigenvalue weighted by Gasteiger charge is 2.31. The van der Waals surface area contributed by atoms with Gasteiger partial charge in [-0.15, -0.1) is 0 Å². The fourth-order valence-electron chi connectivity index (χ4n) is 3.80. The molecule has 0 aromatic heterocycles. The van der Waals surface area contributed by atoms with Gasteiger partial charge in [0.15, 0.2) is 0 Å². The molecule has 3 aromatic carbocycles. The van der Waals surface area contributed by atoms with Gasteiger partial charge in [0.05, 0.1) is 17.6 Å². The van der Waals surface area contributed by atoms with E-state index < -0.39 is 16.0 Å². The molecule has 0 aliphatic rings. The molecule has 0 fully saturated rings. The van der Waals surface area contributed by atoms with Crippen LogP contribution in [0, 0.1) is 13.8 Å². The number of likely N-dealkylation sites (N-methyl/N-ethyl adjacent to an activating group) is 1. The molecule has 0 amide bonds. The Balaban J connectivity index is 2.04.